The van der Waals surface area contributed by atoms with Gasteiger partial charge in [0.15, 0.2) is 10.4 Å². The van der Waals surface area contributed by atoms with Crippen LogP contribution in [0.1, 0.15) is 23.6 Å². The maximum absolute atomic E-state index is 12.8. The Labute approximate surface area is 141 Å². The summed E-state index contributed by atoms with van der Waals surface area (Å²) in [5, 5.41) is 3.11. The molecule has 1 aromatic heterocycles. The molecule has 2 rings (SSSR count). The Morgan fingerprint density at radius 2 is 2.21 bits per heavy atom. The Morgan fingerprint density at radius 3 is 2.75 bits per heavy atom. The number of amides is 1. The molecule has 3 unspecified atom stereocenters. The van der Waals surface area contributed by atoms with Crippen LogP contribution in [0.15, 0.2) is 18.2 Å². The third-order valence-electron chi connectivity index (χ3n) is 3.01. The Morgan fingerprint density at radius 1 is 1.54 bits per heavy atom. The molecule has 0 saturated heterocycles. The third-order valence-corrected chi connectivity index (χ3v) is 6.44. The highest BCUT2D eigenvalue weighted by molar-refractivity contribution is 8.16. The molecule has 1 aromatic rings. The molecule has 12 heteroatoms. The first kappa shape index (κ1) is 18.8. The number of hydrogen-bond donors (Lipinski definition) is 1. The quantitative estimate of drug-likeness (QED) is 0.632. The van der Waals surface area contributed by atoms with E-state index in [0.29, 0.717) is 4.68 Å². The van der Waals surface area contributed by atoms with Crippen LogP contribution in [-0.2, 0) is 32.6 Å². The van der Waals surface area contributed by atoms with E-state index in [4.69, 9.17) is 0 Å². The zero-order valence-corrected chi connectivity index (χ0v) is 14.2. The lowest BCUT2D eigenvalue weighted by Gasteiger charge is -2.19. The molecule has 1 aliphatic heterocycles. The van der Waals surface area contributed by atoms with Gasteiger partial charge in [-0.25, -0.2) is 4.79 Å². The summed E-state index contributed by atoms with van der Waals surface area (Å²) in [6.07, 6.45) is -2.93. The number of ether oxygens (including phenoxy) is 1. The van der Waals surface area contributed by atoms with Gasteiger partial charge in [-0.1, -0.05) is 22.0 Å². The summed E-state index contributed by atoms with van der Waals surface area (Å²) in [7, 11) is -2.90. The number of aromatic nitrogens is 2. The van der Waals surface area contributed by atoms with Crippen LogP contribution < -0.4 is 4.72 Å². The maximum Gasteiger partial charge on any atom is 0.448 e. The molecule has 0 spiro atoms. The number of rotatable bonds is 4. The predicted octanol–water partition coefficient (Wildman–Crippen LogP) is 2.40. The van der Waals surface area contributed by atoms with Gasteiger partial charge in [-0.15, -0.1) is 4.72 Å². The number of hydrogen-bond acceptors (Lipinski definition) is 6. The second-order valence-electron chi connectivity index (χ2n) is 4.75. The van der Waals surface area contributed by atoms with E-state index in [1.807, 2.05) is 0 Å². The van der Waals surface area contributed by atoms with Crippen LogP contribution in [0.25, 0.3) is 0 Å². The molecule has 0 saturated carbocycles. The molecular weight excluding hydrogens is 371 g/mol. The van der Waals surface area contributed by atoms with Gasteiger partial charge in [0.25, 0.3) is 0 Å². The Balaban J connectivity index is 2.10. The number of thioether (sulfide) groups is 1. The van der Waals surface area contributed by atoms with Crippen LogP contribution in [0.4, 0.5) is 18.0 Å². The Bertz CT molecular complexity index is 704. The highest BCUT2D eigenvalue weighted by Gasteiger charge is 2.40. The molecule has 1 amide bonds. The van der Waals surface area contributed by atoms with Gasteiger partial charge in [0.05, 0.1) is 17.6 Å². The van der Waals surface area contributed by atoms with Crippen molar-refractivity contribution in [3.8, 4) is 0 Å². The van der Waals surface area contributed by atoms with Gasteiger partial charge < -0.3 is 9.29 Å². The lowest BCUT2D eigenvalue weighted by atomic mass is 10.2. The van der Waals surface area contributed by atoms with Crippen molar-refractivity contribution in [2.75, 3.05) is 6.61 Å². The van der Waals surface area contributed by atoms with Crippen molar-refractivity contribution >= 4 is 28.3 Å². The maximum atomic E-state index is 12.8. The van der Waals surface area contributed by atoms with Gasteiger partial charge >= 0.3 is 12.3 Å². The van der Waals surface area contributed by atoms with Crippen molar-refractivity contribution in [2.24, 2.45) is 7.05 Å². The molecule has 134 valence electrons. The topological polar surface area (TPSA) is 96.3 Å². The van der Waals surface area contributed by atoms with Crippen LogP contribution in [0.5, 0.6) is 0 Å². The summed E-state index contributed by atoms with van der Waals surface area (Å²) in [6.45, 7) is 1.53. The first-order valence-electron chi connectivity index (χ1n) is 6.68. The monoisotopic (exact) mass is 385 g/mol. The normalized spacial score (nSPS) is 23.1. The van der Waals surface area contributed by atoms with Gasteiger partial charge in [-0.2, -0.15) is 18.3 Å². The van der Waals surface area contributed by atoms with Crippen molar-refractivity contribution in [3.63, 3.8) is 0 Å². The summed E-state index contributed by atoms with van der Waals surface area (Å²) in [6, 6.07) is 0.871. The van der Waals surface area contributed by atoms with E-state index in [0.717, 1.165) is 24.9 Å². The standard InChI is InChI=1S/C12H14F3N3O4S2/c1-3-22-11(19)17-24(20,21)10-5-4-8(23-10)7-6-9(12(13,14)15)18(2)16-7/h4-6,8,10H,3H2,1-2H3,(H-,17,19,20,21). The third kappa shape index (κ3) is 4.11. The largest absolute Gasteiger partial charge is 0.592 e. The van der Waals surface area contributed by atoms with E-state index in [9.17, 15) is 26.7 Å². The summed E-state index contributed by atoms with van der Waals surface area (Å²) in [5.41, 5.74) is -0.845. The molecule has 0 bridgehead atoms. The minimum absolute atomic E-state index is 0.00574. The van der Waals surface area contributed by atoms with E-state index >= 15 is 0 Å². The summed E-state index contributed by atoms with van der Waals surface area (Å²) in [5.74, 6) is 0. The highest BCUT2D eigenvalue weighted by atomic mass is 32.3. The van der Waals surface area contributed by atoms with Crippen molar-refractivity contribution in [3.05, 3.63) is 29.6 Å². The molecule has 2 heterocycles. The SMILES string of the molecule is CCOC(=O)N[S+](=O)([O-])C1C=CC(c2cc(C(F)(F)F)n(C)n2)S1. The average Bonchev–Trinajstić information content (AvgIpc) is 3.03. The zero-order valence-electron chi connectivity index (χ0n) is 12.6. The molecule has 0 aromatic carbocycles. The van der Waals surface area contributed by atoms with Crippen LogP contribution in [0.2, 0.25) is 0 Å². The number of carbonyl (C=O) groups excluding carboxylic acids is 1. The predicted molar refractivity (Wildman–Crippen MR) is 80.5 cm³/mol. The van der Waals surface area contributed by atoms with E-state index in [1.54, 1.807) is 4.72 Å². The summed E-state index contributed by atoms with van der Waals surface area (Å²) < 4.78 is 68.2. The van der Waals surface area contributed by atoms with Gasteiger partial charge in [0.1, 0.15) is 5.69 Å². The minimum atomic E-state index is -4.55. The van der Waals surface area contributed by atoms with Crippen LogP contribution in [-0.4, -0.2) is 31.6 Å². The first-order chi connectivity index (χ1) is 11.0. The zero-order chi connectivity index (χ0) is 18.1. The minimum Gasteiger partial charge on any atom is -0.592 e. The molecule has 0 radical (unpaired) electrons. The molecule has 1 aliphatic rings. The van der Waals surface area contributed by atoms with Crippen LogP contribution >= 0.6 is 11.8 Å². The van der Waals surface area contributed by atoms with Gasteiger partial charge in [0, 0.05) is 7.05 Å². The second-order valence-corrected chi connectivity index (χ2v) is 8.14. The lowest BCUT2D eigenvalue weighted by molar-refractivity contribution is -0.143. The first-order valence-corrected chi connectivity index (χ1v) is 9.17. The van der Waals surface area contributed by atoms with Crippen LogP contribution in [0, 0.1) is 0 Å². The number of alkyl halides is 3. The Kier molecular flexibility index (Phi) is 5.30. The van der Waals surface area contributed by atoms with E-state index in [2.05, 4.69) is 9.84 Å². The number of nitrogens with one attached hydrogen (secondary N) is 1. The molecular formula is C12H14F3N3O4S2. The van der Waals surface area contributed by atoms with E-state index in [-0.39, 0.29) is 12.3 Å². The van der Waals surface area contributed by atoms with Gasteiger partial charge in [0.2, 0.25) is 4.58 Å². The van der Waals surface area contributed by atoms with E-state index < -0.39 is 38.2 Å². The van der Waals surface area contributed by atoms with E-state index in [1.165, 1.54) is 19.1 Å². The van der Waals surface area contributed by atoms with Crippen molar-refractivity contribution < 1.29 is 31.5 Å². The number of sulfonamides is 1. The smallest absolute Gasteiger partial charge is 0.448 e. The molecule has 0 aliphatic carbocycles. The molecule has 1 N–H and O–H groups in total. The van der Waals surface area contributed by atoms with Crippen molar-refractivity contribution in [2.45, 2.75) is 22.9 Å². The summed E-state index contributed by atoms with van der Waals surface area (Å²) >= 11 is 0.851. The number of halogens is 3. The number of aryl methyl sites for hydroxylation is 1. The molecule has 3 atom stereocenters. The fraction of sp³-hybridized carbons (Fsp3) is 0.500. The highest BCUT2D eigenvalue weighted by Crippen LogP contribution is 2.43. The van der Waals surface area contributed by atoms with Crippen LogP contribution in [0.3, 0.4) is 0 Å². The summed E-state index contributed by atoms with van der Waals surface area (Å²) in [4.78, 5) is 11.2. The Hall–Kier alpha value is -1.53. The average molecular weight is 385 g/mol. The van der Waals surface area contributed by atoms with Gasteiger partial charge in [-0.05, 0) is 19.1 Å². The lowest BCUT2D eigenvalue weighted by Crippen LogP contribution is -2.41. The number of carbonyl (C=O) groups is 1. The van der Waals surface area contributed by atoms with Crippen molar-refractivity contribution in [1.82, 2.24) is 14.5 Å². The molecule has 7 nitrogen and oxygen atoms in total. The fourth-order valence-electron chi connectivity index (χ4n) is 2.00. The molecule has 24 heavy (non-hydrogen) atoms. The fourth-order valence-corrected chi connectivity index (χ4v) is 4.70. The second kappa shape index (κ2) is 6.76. The molecule has 0 fully saturated rings. The van der Waals surface area contributed by atoms with Crippen molar-refractivity contribution in [1.29, 1.82) is 0 Å². The number of nitrogens with zero attached hydrogens (tertiary/aromatic N) is 2. The van der Waals surface area contributed by atoms with Gasteiger partial charge in [-0.3, -0.25) is 4.68 Å².